The molecule has 2 heterocycles. The van der Waals surface area contributed by atoms with E-state index in [2.05, 4.69) is 10.6 Å². The standard InChI is InChI=1S/C30H40N2O6S3/c1-37-29(35)25-19-11-7-3-5-9-13-21(19)40-27(25)31-23(33)15-17-39-18-16-24(34)32-28-26(30(36)38-2)20-12-8-4-6-10-14-22(20)41-28/h3-18H2,1-2H3,(H,31,33)(H,32,34). The summed E-state index contributed by atoms with van der Waals surface area (Å²) in [5.41, 5.74) is 3.09. The molecular weight excluding hydrogens is 581 g/mol. The molecule has 0 atom stereocenters. The third kappa shape index (κ3) is 8.35. The first-order valence-electron chi connectivity index (χ1n) is 14.6. The van der Waals surface area contributed by atoms with Crippen LogP contribution >= 0.6 is 34.4 Å². The highest BCUT2D eigenvalue weighted by molar-refractivity contribution is 7.99. The topological polar surface area (TPSA) is 111 Å². The van der Waals surface area contributed by atoms with Gasteiger partial charge >= 0.3 is 11.9 Å². The monoisotopic (exact) mass is 620 g/mol. The van der Waals surface area contributed by atoms with Gasteiger partial charge in [-0.2, -0.15) is 11.8 Å². The third-order valence-electron chi connectivity index (χ3n) is 7.57. The number of thioether (sulfide) groups is 1. The molecule has 2 aromatic heterocycles. The average Bonchev–Trinajstić information content (AvgIpc) is 3.43. The number of esters is 2. The lowest BCUT2D eigenvalue weighted by Gasteiger charge is -2.11. The van der Waals surface area contributed by atoms with Gasteiger partial charge in [0, 0.05) is 34.1 Å². The average molecular weight is 621 g/mol. The summed E-state index contributed by atoms with van der Waals surface area (Å²) in [6.45, 7) is 0. The molecule has 224 valence electrons. The van der Waals surface area contributed by atoms with Crippen molar-refractivity contribution in [1.29, 1.82) is 0 Å². The van der Waals surface area contributed by atoms with Gasteiger partial charge in [-0.1, -0.05) is 25.7 Å². The van der Waals surface area contributed by atoms with E-state index in [1.54, 1.807) is 0 Å². The van der Waals surface area contributed by atoms with Crippen molar-refractivity contribution in [1.82, 2.24) is 0 Å². The maximum atomic E-state index is 12.7. The number of nitrogens with one attached hydrogen (secondary N) is 2. The van der Waals surface area contributed by atoms with Crippen LogP contribution < -0.4 is 10.6 Å². The highest BCUT2D eigenvalue weighted by atomic mass is 32.2. The molecule has 0 radical (unpaired) electrons. The molecule has 0 fully saturated rings. The Balaban J connectivity index is 1.27. The normalized spacial score (nSPS) is 15.3. The number of thiophene rings is 2. The molecule has 0 aliphatic heterocycles. The van der Waals surface area contributed by atoms with Crippen LogP contribution in [0.5, 0.6) is 0 Å². The van der Waals surface area contributed by atoms with E-state index < -0.39 is 11.9 Å². The van der Waals surface area contributed by atoms with Crippen molar-refractivity contribution < 1.29 is 28.7 Å². The van der Waals surface area contributed by atoms with Crippen LogP contribution in [0.25, 0.3) is 0 Å². The number of fused-ring (bicyclic) bond motifs is 2. The molecule has 11 heteroatoms. The zero-order chi connectivity index (χ0) is 29.2. The molecule has 4 rings (SSSR count). The highest BCUT2D eigenvalue weighted by Gasteiger charge is 2.27. The molecule has 2 aliphatic rings. The van der Waals surface area contributed by atoms with Crippen LogP contribution in [0, 0.1) is 0 Å². The summed E-state index contributed by atoms with van der Waals surface area (Å²) in [5, 5.41) is 7.08. The van der Waals surface area contributed by atoms with Gasteiger partial charge in [0.15, 0.2) is 0 Å². The van der Waals surface area contributed by atoms with Crippen molar-refractivity contribution in [2.45, 2.75) is 89.9 Å². The van der Waals surface area contributed by atoms with Gasteiger partial charge in [0.25, 0.3) is 0 Å². The summed E-state index contributed by atoms with van der Waals surface area (Å²) in [7, 11) is 2.75. The number of aryl methyl sites for hydroxylation is 2. The summed E-state index contributed by atoms with van der Waals surface area (Å²) in [6.07, 6.45) is 13.0. The summed E-state index contributed by atoms with van der Waals surface area (Å²) >= 11 is 4.52. The molecule has 0 bridgehead atoms. The predicted octanol–water partition coefficient (Wildman–Crippen LogP) is 6.79. The summed E-state index contributed by atoms with van der Waals surface area (Å²) in [5.74, 6) is 0.00969. The molecule has 0 unspecified atom stereocenters. The number of hydrogen-bond donors (Lipinski definition) is 2. The molecule has 2 amide bonds. The Kier molecular flexibility index (Phi) is 12.1. The first-order valence-corrected chi connectivity index (χ1v) is 17.3. The zero-order valence-electron chi connectivity index (χ0n) is 24.0. The van der Waals surface area contributed by atoms with Gasteiger partial charge in [-0.15, -0.1) is 22.7 Å². The van der Waals surface area contributed by atoms with Gasteiger partial charge in [0.2, 0.25) is 11.8 Å². The van der Waals surface area contributed by atoms with Crippen LogP contribution in [0.4, 0.5) is 10.0 Å². The van der Waals surface area contributed by atoms with Gasteiger partial charge in [-0.05, 0) is 62.5 Å². The van der Waals surface area contributed by atoms with Crippen molar-refractivity contribution in [3.63, 3.8) is 0 Å². The van der Waals surface area contributed by atoms with Gasteiger partial charge in [-0.3, -0.25) is 9.59 Å². The highest BCUT2D eigenvalue weighted by Crippen LogP contribution is 2.39. The Morgan fingerprint density at radius 3 is 1.41 bits per heavy atom. The summed E-state index contributed by atoms with van der Waals surface area (Å²) < 4.78 is 10.1. The lowest BCUT2D eigenvalue weighted by atomic mass is 9.96. The quantitative estimate of drug-likeness (QED) is 0.222. The van der Waals surface area contributed by atoms with Crippen LogP contribution in [0.3, 0.4) is 0 Å². The fraction of sp³-hybridized carbons (Fsp3) is 0.600. The maximum Gasteiger partial charge on any atom is 0.341 e. The Labute approximate surface area is 254 Å². The van der Waals surface area contributed by atoms with E-state index in [-0.39, 0.29) is 24.7 Å². The lowest BCUT2D eigenvalue weighted by Crippen LogP contribution is -2.16. The first kappa shape index (κ1) is 31.6. The summed E-state index contributed by atoms with van der Waals surface area (Å²) in [4.78, 5) is 53.0. The Morgan fingerprint density at radius 1 is 0.634 bits per heavy atom. The van der Waals surface area contributed by atoms with E-state index in [9.17, 15) is 19.2 Å². The molecule has 0 saturated heterocycles. The predicted molar refractivity (Wildman–Crippen MR) is 167 cm³/mol. The molecule has 0 aromatic carbocycles. The second-order valence-corrected chi connectivity index (χ2v) is 13.9. The fourth-order valence-electron chi connectivity index (χ4n) is 5.46. The maximum absolute atomic E-state index is 12.7. The number of amides is 2. The second-order valence-electron chi connectivity index (χ2n) is 10.4. The van der Waals surface area contributed by atoms with Crippen molar-refractivity contribution in [3.8, 4) is 0 Å². The molecule has 2 N–H and O–H groups in total. The molecule has 0 saturated carbocycles. The van der Waals surface area contributed by atoms with Gasteiger partial charge in [0.1, 0.15) is 10.0 Å². The van der Waals surface area contributed by atoms with Crippen molar-refractivity contribution >= 4 is 68.2 Å². The Morgan fingerprint density at radius 2 is 1.02 bits per heavy atom. The minimum absolute atomic E-state index is 0.153. The van der Waals surface area contributed by atoms with E-state index >= 15 is 0 Å². The van der Waals surface area contributed by atoms with Gasteiger partial charge in [-0.25, -0.2) is 9.59 Å². The summed E-state index contributed by atoms with van der Waals surface area (Å²) in [6, 6.07) is 0. The van der Waals surface area contributed by atoms with E-state index in [0.717, 1.165) is 75.3 Å². The minimum Gasteiger partial charge on any atom is -0.465 e. The van der Waals surface area contributed by atoms with Crippen molar-refractivity contribution in [2.24, 2.45) is 0 Å². The number of carbonyl (C=O) groups is 4. The largest absolute Gasteiger partial charge is 0.465 e. The minimum atomic E-state index is -0.396. The number of hydrogen-bond acceptors (Lipinski definition) is 9. The number of rotatable bonds is 10. The van der Waals surface area contributed by atoms with Crippen molar-refractivity contribution in [2.75, 3.05) is 36.4 Å². The van der Waals surface area contributed by atoms with E-state index in [0.29, 0.717) is 32.6 Å². The molecule has 2 aromatic rings. The number of carbonyl (C=O) groups excluding carboxylic acids is 4. The van der Waals surface area contributed by atoms with E-state index in [4.69, 9.17) is 9.47 Å². The SMILES string of the molecule is COC(=O)c1c(NC(=O)CCSCCC(=O)Nc2sc3c(c2C(=O)OC)CCCCCC3)sc2c1CCCCCC2. The van der Waals surface area contributed by atoms with E-state index in [1.807, 2.05) is 0 Å². The fourth-order valence-corrected chi connectivity index (χ4v) is 8.91. The lowest BCUT2D eigenvalue weighted by molar-refractivity contribution is -0.116. The zero-order valence-corrected chi connectivity index (χ0v) is 26.4. The van der Waals surface area contributed by atoms with Crippen LogP contribution in [-0.2, 0) is 44.7 Å². The molecule has 2 aliphatic carbocycles. The molecule has 41 heavy (non-hydrogen) atoms. The van der Waals surface area contributed by atoms with Gasteiger partial charge in [0.05, 0.1) is 25.3 Å². The van der Waals surface area contributed by atoms with Crippen LogP contribution in [0.1, 0.15) is 106 Å². The van der Waals surface area contributed by atoms with Crippen molar-refractivity contribution in [3.05, 3.63) is 32.0 Å². The van der Waals surface area contributed by atoms with Gasteiger partial charge < -0.3 is 20.1 Å². The number of anilines is 2. The number of methoxy groups -OCH3 is 2. The molecule has 0 spiro atoms. The smallest absolute Gasteiger partial charge is 0.341 e. The first-order chi connectivity index (χ1) is 19.9. The Hall–Kier alpha value is -2.37. The van der Waals surface area contributed by atoms with Crippen LogP contribution in [-0.4, -0.2) is 49.5 Å². The van der Waals surface area contributed by atoms with Crippen LogP contribution in [0.15, 0.2) is 0 Å². The second kappa shape index (κ2) is 15.7. The number of ether oxygens (including phenoxy) is 2. The molecular formula is C30H40N2O6S3. The van der Waals surface area contributed by atoms with E-state index in [1.165, 1.54) is 71.3 Å². The Bertz CT molecular complexity index is 1160. The third-order valence-corrected chi connectivity index (χ3v) is 11.0. The van der Waals surface area contributed by atoms with Crippen LogP contribution in [0.2, 0.25) is 0 Å². The molecule has 8 nitrogen and oxygen atoms in total.